The molecule has 5 rings (SSSR count). The summed E-state index contributed by atoms with van der Waals surface area (Å²) < 4.78 is 6.90. The molecule has 1 amide bonds. The summed E-state index contributed by atoms with van der Waals surface area (Å²) in [5.74, 6) is -0.0922. The summed E-state index contributed by atoms with van der Waals surface area (Å²) in [6, 6.07) is 20.0. The van der Waals surface area contributed by atoms with Gasteiger partial charge in [-0.05, 0) is 92.3 Å². The normalized spacial score (nSPS) is 16.8. The van der Waals surface area contributed by atoms with Gasteiger partial charge in [-0.25, -0.2) is 0 Å². The monoisotopic (exact) mass is 561 g/mol. The van der Waals surface area contributed by atoms with Gasteiger partial charge in [0.15, 0.2) is 5.11 Å². The lowest BCUT2D eigenvalue weighted by Crippen LogP contribution is -2.29. The first-order valence-electron chi connectivity index (χ1n) is 12.4. The number of anilines is 2. The Kier molecular flexibility index (Phi) is 7.56. The fraction of sp³-hybridized carbons (Fsp3) is 0.207. The second-order valence-corrected chi connectivity index (χ2v) is 10.1. The van der Waals surface area contributed by atoms with Crippen molar-refractivity contribution in [2.24, 2.45) is 0 Å². The minimum atomic E-state index is -0.248. The Bertz CT molecular complexity index is 1520. The van der Waals surface area contributed by atoms with Gasteiger partial charge in [0.25, 0.3) is 0 Å². The fourth-order valence-electron chi connectivity index (χ4n) is 5.12. The molecule has 3 heterocycles. The van der Waals surface area contributed by atoms with E-state index in [2.05, 4.69) is 26.6 Å². The minimum Gasteiger partial charge on any atom is -0.506 e. The molecule has 0 radical (unpaired) electrons. The van der Waals surface area contributed by atoms with Crippen LogP contribution in [0.15, 0.2) is 72.9 Å². The van der Waals surface area contributed by atoms with Crippen LogP contribution in [0.1, 0.15) is 34.7 Å². The smallest absolute Gasteiger partial charge is 0.250 e. The molecule has 2 atom stereocenters. The van der Waals surface area contributed by atoms with E-state index in [0.717, 1.165) is 28.3 Å². The average molecular weight is 562 g/mol. The Hall–Kier alpha value is -3.92. The zero-order chi connectivity index (χ0) is 27.7. The van der Waals surface area contributed by atoms with Gasteiger partial charge in [0.05, 0.1) is 23.5 Å². The number of rotatable bonds is 7. The summed E-state index contributed by atoms with van der Waals surface area (Å²) in [4.78, 5) is 18.7. The molecule has 1 saturated heterocycles. The molecule has 10 heteroatoms. The lowest BCUT2D eigenvalue weighted by molar-refractivity contribution is -0.119. The molecule has 2 aromatic carbocycles. The number of pyridine rings is 1. The molecule has 0 aliphatic carbocycles. The number of aromatic hydroxyl groups is 1. The summed E-state index contributed by atoms with van der Waals surface area (Å²) in [5.41, 5.74) is 5.88. The molecule has 8 nitrogen and oxygen atoms in total. The number of aryl methyl sites for hydroxylation is 1. The zero-order valence-corrected chi connectivity index (χ0v) is 23.3. The third-order valence-electron chi connectivity index (χ3n) is 6.77. The van der Waals surface area contributed by atoms with E-state index in [-0.39, 0.29) is 30.3 Å². The number of halogens is 1. The second-order valence-electron chi connectivity index (χ2n) is 9.32. The Morgan fingerprint density at radius 2 is 1.92 bits per heavy atom. The van der Waals surface area contributed by atoms with Crippen LogP contribution in [0.5, 0.6) is 5.75 Å². The summed E-state index contributed by atoms with van der Waals surface area (Å²) in [6.45, 7) is 3.99. The first-order valence-corrected chi connectivity index (χ1v) is 13.1. The number of ether oxygens (including phenoxy) is 1. The van der Waals surface area contributed by atoms with Gasteiger partial charge in [-0.15, -0.1) is 0 Å². The van der Waals surface area contributed by atoms with Gasteiger partial charge in [-0.3, -0.25) is 9.78 Å². The molecule has 0 unspecified atom stereocenters. The van der Waals surface area contributed by atoms with Crippen LogP contribution in [0, 0.1) is 13.8 Å². The van der Waals surface area contributed by atoms with Crippen molar-refractivity contribution in [1.82, 2.24) is 14.9 Å². The number of hydrogen-bond donors (Lipinski definition) is 3. The van der Waals surface area contributed by atoms with Crippen LogP contribution in [0.3, 0.4) is 0 Å². The number of carbonyl (C=O) groups excluding carboxylic acids is 1. The van der Waals surface area contributed by atoms with Gasteiger partial charge in [-0.1, -0.05) is 17.7 Å². The number of nitrogens with one attached hydrogen (secondary N) is 2. The van der Waals surface area contributed by atoms with E-state index in [1.165, 1.54) is 7.11 Å². The lowest BCUT2D eigenvalue weighted by atomic mass is 9.96. The maximum absolute atomic E-state index is 12.0. The van der Waals surface area contributed by atoms with Crippen LogP contribution < -0.4 is 15.5 Å². The number of phenols is 1. The highest BCUT2D eigenvalue weighted by Crippen LogP contribution is 2.44. The number of carbonyl (C=O) groups is 1. The van der Waals surface area contributed by atoms with E-state index in [0.29, 0.717) is 21.5 Å². The van der Waals surface area contributed by atoms with Crippen LogP contribution in [-0.2, 0) is 9.53 Å². The third-order valence-corrected chi connectivity index (χ3v) is 7.32. The van der Waals surface area contributed by atoms with Crippen LogP contribution in [0.25, 0.3) is 5.69 Å². The molecule has 1 aliphatic heterocycles. The first kappa shape index (κ1) is 26.7. The highest BCUT2D eigenvalue weighted by molar-refractivity contribution is 7.80. The van der Waals surface area contributed by atoms with Crippen molar-refractivity contribution in [2.75, 3.05) is 23.9 Å². The third kappa shape index (κ3) is 5.21. The van der Waals surface area contributed by atoms with Crippen LogP contribution in [-0.4, -0.2) is 39.4 Å². The van der Waals surface area contributed by atoms with E-state index in [9.17, 15) is 9.90 Å². The van der Waals surface area contributed by atoms with E-state index in [1.807, 2.05) is 60.9 Å². The number of amides is 1. The standard InChI is InChI=1S/C29H28ClN5O3S/c1-17-14-22(18(2)34(17)24-15-19(30)7-12-25(24)36)28-27(23-6-4-5-13-31-23)33-29(39)35(28)21-10-8-20(9-11-21)32-26(37)16-38-3/h4-15,27-28,36H,16H2,1-3H3,(H,32,37)(H,33,39)/t27-,28+/m1/s1. The SMILES string of the molecule is COCC(=O)Nc1ccc(N2C(=S)N[C@H](c3ccccn3)[C@@H]2c2cc(C)n(-c3cc(Cl)ccc3O)c2C)cc1. The number of thiocarbonyl (C=S) groups is 1. The number of aromatic nitrogens is 2. The predicted octanol–water partition coefficient (Wildman–Crippen LogP) is 5.61. The summed E-state index contributed by atoms with van der Waals surface area (Å²) in [5, 5.41) is 18.1. The Labute approximate surface area is 237 Å². The largest absolute Gasteiger partial charge is 0.506 e. The molecule has 1 fully saturated rings. The van der Waals surface area contributed by atoms with E-state index < -0.39 is 0 Å². The minimum absolute atomic E-state index is 0.0203. The molecule has 0 spiro atoms. The highest BCUT2D eigenvalue weighted by atomic mass is 35.5. The summed E-state index contributed by atoms with van der Waals surface area (Å²) >= 11 is 12.2. The summed E-state index contributed by atoms with van der Waals surface area (Å²) in [7, 11) is 1.48. The van der Waals surface area contributed by atoms with Crippen molar-refractivity contribution >= 4 is 46.2 Å². The van der Waals surface area contributed by atoms with Crippen molar-refractivity contribution in [2.45, 2.75) is 25.9 Å². The molecule has 0 saturated carbocycles. The number of nitrogens with zero attached hydrogens (tertiary/aromatic N) is 3. The maximum Gasteiger partial charge on any atom is 0.250 e. The van der Waals surface area contributed by atoms with Gasteiger partial charge >= 0.3 is 0 Å². The number of phenolic OH excluding ortho intramolecular Hbond substituents is 1. The maximum atomic E-state index is 12.0. The van der Waals surface area contributed by atoms with Crippen LogP contribution in [0.4, 0.5) is 11.4 Å². The molecule has 4 aromatic rings. The van der Waals surface area contributed by atoms with Crippen molar-refractivity contribution in [3.8, 4) is 11.4 Å². The molecule has 0 bridgehead atoms. The van der Waals surface area contributed by atoms with Crippen molar-refractivity contribution in [3.63, 3.8) is 0 Å². The fourth-order valence-corrected chi connectivity index (χ4v) is 5.63. The molecule has 1 aliphatic rings. The number of benzene rings is 2. The predicted molar refractivity (Wildman–Crippen MR) is 157 cm³/mol. The number of methoxy groups -OCH3 is 1. The first-order chi connectivity index (χ1) is 18.8. The molecule has 39 heavy (non-hydrogen) atoms. The quantitative estimate of drug-likeness (QED) is 0.253. The molecule has 2 aromatic heterocycles. The van der Waals surface area contributed by atoms with Gasteiger partial charge in [0, 0.05) is 41.1 Å². The molecule has 3 N–H and O–H groups in total. The molecule has 200 valence electrons. The zero-order valence-electron chi connectivity index (χ0n) is 21.7. The van der Waals surface area contributed by atoms with Gasteiger partial charge < -0.3 is 29.9 Å². The van der Waals surface area contributed by atoms with E-state index >= 15 is 0 Å². The summed E-state index contributed by atoms with van der Waals surface area (Å²) in [6.07, 6.45) is 1.77. The van der Waals surface area contributed by atoms with Gasteiger partial charge in [-0.2, -0.15) is 0 Å². The van der Waals surface area contributed by atoms with Crippen molar-refractivity contribution in [3.05, 3.63) is 101 Å². The lowest BCUT2D eigenvalue weighted by Gasteiger charge is -2.28. The Balaban J connectivity index is 1.60. The van der Waals surface area contributed by atoms with Crippen molar-refractivity contribution < 1.29 is 14.6 Å². The molecular weight excluding hydrogens is 534 g/mol. The topological polar surface area (TPSA) is 91.7 Å². The van der Waals surface area contributed by atoms with Crippen molar-refractivity contribution in [1.29, 1.82) is 0 Å². The van der Waals surface area contributed by atoms with Crippen LogP contribution in [0.2, 0.25) is 5.02 Å². The van der Waals surface area contributed by atoms with Gasteiger partial charge in [0.1, 0.15) is 12.4 Å². The Morgan fingerprint density at radius 1 is 1.15 bits per heavy atom. The van der Waals surface area contributed by atoms with E-state index in [1.54, 1.807) is 24.4 Å². The Morgan fingerprint density at radius 3 is 2.62 bits per heavy atom. The molecular formula is C29H28ClN5O3S. The van der Waals surface area contributed by atoms with E-state index in [4.69, 9.17) is 28.6 Å². The van der Waals surface area contributed by atoms with Crippen LogP contribution >= 0.6 is 23.8 Å². The number of hydrogen-bond acceptors (Lipinski definition) is 5. The average Bonchev–Trinajstić information content (AvgIpc) is 3.41. The van der Waals surface area contributed by atoms with Gasteiger partial charge in [0.2, 0.25) is 5.91 Å². The highest BCUT2D eigenvalue weighted by Gasteiger charge is 2.42. The second kappa shape index (κ2) is 11.1.